The number of nitrogens with one attached hydrogen (secondary N) is 1. The predicted octanol–water partition coefficient (Wildman–Crippen LogP) is 3.81. The van der Waals surface area contributed by atoms with E-state index >= 15 is 0 Å². The lowest BCUT2D eigenvalue weighted by atomic mass is 10.1. The highest BCUT2D eigenvalue weighted by atomic mass is 35.5. The SMILES string of the molecule is Cc1ccc(C)c(OCC(O)CNc2cccc(Cl)c2)c1. The predicted molar refractivity (Wildman–Crippen MR) is 87.4 cm³/mol. The lowest BCUT2D eigenvalue weighted by molar-refractivity contribution is 0.117. The van der Waals surface area contributed by atoms with Crippen LogP contribution in [0.1, 0.15) is 11.1 Å². The van der Waals surface area contributed by atoms with Crippen molar-refractivity contribution in [3.63, 3.8) is 0 Å². The van der Waals surface area contributed by atoms with Gasteiger partial charge in [0.1, 0.15) is 18.5 Å². The zero-order valence-electron chi connectivity index (χ0n) is 12.3. The van der Waals surface area contributed by atoms with Crippen LogP contribution in [-0.4, -0.2) is 24.4 Å². The summed E-state index contributed by atoms with van der Waals surface area (Å²) >= 11 is 5.91. The van der Waals surface area contributed by atoms with Gasteiger partial charge in [0.2, 0.25) is 0 Å². The summed E-state index contributed by atoms with van der Waals surface area (Å²) in [5.74, 6) is 0.816. The van der Waals surface area contributed by atoms with E-state index in [1.165, 1.54) is 0 Å². The van der Waals surface area contributed by atoms with Gasteiger partial charge >= 0.3 is 0 Å². The number of aliphatic hydroxyl groups excluding tert-OH is 1. The van der Waals surface area contributed by atoms with Crippen molar-refractivity contribution in [2.75, 3.05) is 18.5 Å². The average molecular weight is 306 g/mol. The summed E-state index contributed by atoms with van der Waals surface area (Å²) < 4.78 is 5.68. The normalized spacial score (nSPS) is 12.0. The van der Waals surface area contributed by atoms with E-state index in [2.05, 4.69) is 5.32 Å². The second-order valence-corrected chi connectivity index (χ2v) is 5.56. The van der Waals surface area contributed by atoms with Crippen LogP contribution in [0.5, 0.6) is 5.75 Å². The molecule has 0 aromatic heterocycles. The Balaban J connectivity index is 1.82. The Morgan fingerprint density at radius 1 is 1.19 bits per heavy atom. The number of rotatable bonds is 6. The van der Waals surface area contributed by atoms with Crippen LogP contribution >= 0.6 is 11.6 Å². The molecule has 2 N–H and O–H groups in total. The van der Waals surface area contributed by atoms with E-state index in [1.54, 1.807) is 0 Å². The molecule has 1 unspecified atom stereocenters. The van der Waals surface area contributed by atoms with Crippen molar-refractivity contribution in [1.29, 1.82) is 0 Å². The van der Waals surface area contributed by atoms with Gasteiger partial charge in [0.05, 0.1) is 0 Å². The molecule has 0 saturated heterocycles. The van der Waals surface area contributed by atoms with Gasteiger partial charge in [0, 0.05) is 17.3 Å². The maximum absolute atomic E-state index is 9.98. The maximum Gasteiger partial charge on any atom is 0.122 e. The Kier molecular flexibility index (Phi) is 5.48. The van der Waals surface area contributed by atoms with Crippen LogP contribution in [0.4, 0.5) is 5.69 Å². The van der Waals surface area contributed by atoms with E-state index < -0.39 is 6.10 Å². The van der Waals surface area contributed by atoms with Gasteiger partial charge in [-0.15, -0.1) is 0 Å². The van der Waals surface area contributed by atoms with Crippen molar-refractivity contribution in [1.82, 2.24) is 0 Å². The highest BCUT2D eigenvalue weighted by molar-refractivity contribution is 6.30. The lowest BCUT2D eigenvalue weighted by Crippen LogP contribution is -2.26. The summed E-state index contributed by atoms with van der Waals surface area (Å²) in [6.45, 7) is 4.66. The minimum atomic E-state index is -0.594. The molecule has 0 aliphatic rings. The Morgan fingerprint density at radius 3 is 2.76 bits per heavy atom. The summed E-state index contributed by atoms with van der Waals surface area (Å²) in [4.78, 5) is 0. The van der Waals surface area contributed by atoms with Crippen LogP contribution < -0.4 is 10.1 Å². The number of halogens is 1. The van der Waals surface area contributed by atoms with Crippen molar-refractivity contribution in [2.45, 2.75) is 20.0 Å². The van der Waals surface area contributed by atoms with Crippen molar-refractivity contribution >= 4 is 17.3 Å². The van der Waals surface area contributed by atoms with Gasteiger partial charge in [0.15, 0.2) is 0 Å². The fraction of sp³-hybridized carbons (Fsp3) is 0.294. The van der Waals surface area contributed by atoms with Crippen LogP contribution in [0.15, 0.2) is 42.5 Å². The molecule has 0 saturated carbocycles. The van der Waals surface area contributed by atoms with E-state index in [4.69, 9.17) is 16.3 Å². The van der Waals surface area contributed by atoms with Gasteiger partial charge in [-0.1, -0.05) is 29.8 Å². The largest absolute Gasteiger partial charge is 0.491 e. The average Bonchev–Trinajstić information content (AvgIpc) is 2.46. The van der Waals surface area contributed by atoms with E-state index in [0.29, 0.717) is 11.6 Å². The standard InChI is InChI=1S/C17H20ClNO2/c1-12-6-7-13(2)17(8-12)21-11-16(20)10-19-15-5-3-4-14(18)9-15/h3-9,16,19-20H,10-11H2,1-2H3. The minimum absolute atomic E-state index is 0.248. The first kappa shape index (κ1) is 15.7. The zero-order chi connectivity index (χ0) is 15.2. The Labute approximate surface area is 130 Å². The van der Waals surface area contributed by atoms with Gasteiger partial charge in [-0.25, -0.2) is 0 Å². The molecule has 0 aliphatic heterocycles. The second kappa shape index (κ2) is 7.34. The summed E-state index contributed by atoms with van der Waals surface area (Å²) in [5, 5.41) is 13.8. The third-order valence-corrected chi connectivity index (χ3v) is 3.38. The molecule has 0 amide bonds. The quantitative estimate of drug-likeness (QED) is 0.853. The summed E-state index contributed by atoms with van der Waals surface area (Å²) in [6, 6.07) is 13.4. The van der Waals surface area contributed by atoms with Crippen molar-refractivity contribution < 1.29 is 9.84 Å². The number of anilines is 1. The van der Waals surface area contributed by atoms with Crippen LogP contribution in [-0.2, 0) is 0 Å². The molecule has 1 atom stereocenters. The number of hydrogen-bond donors (Lipinski definition) is 2. The summed E-state index contributed by atoms with van der Waals surface area (Å²) in [6.07, 6.45) is -0.594. The van der Waals surface area contributed by atoms with Crippen molar-refractivity contribution in [2.24, 2.45) is 0 Å². The first-order chi connectivity index (χ1) is 10.0. The van der Waals surface area contributed by atoms with Gasteiger partial charge in [0.25, 0.3) is 0 Å². The molecule has 112 valence electrons. The van der Waals surface area contributed by atoms with Gasteiger partial charge in [-0.2, -0.15) is 0 Å². The molecule has 2 aromatic rings. The molecular formula is C17H20ClNO2. The van der Waals surface area contributed by atoms with Crippen LogP contribution in [0.2, 0.25) is 5.02 Å². The molecular weight excluding hydrogens is 286 g/mol. The summed E-state index contributed by atoms with van der Waals surface area (Å²) in [5.41, 5.74) is 3.09. The molecule has 0 fully saturated rings. The minimum Gasteiger partial charge on any atom is -0.491 e. The molecule has 0 heterocycles. The molecule has 0 spiro atoms. The van der Waals surface area contributed by atoms with E-state index in [1.807, 2.05) is 56.3 Å². The molecule has 0 bridgehead atoms. The van der Waals surface area contributed by atoms with Crippen LogP contribution in [0.3, 0.4) is 0 Å². The third kappa shape index (κ3) is 4.96. The Morgan fingerprint density at radius 2 is 2.00 bits per heavy atom. The Bertz CT molecular complexity index is 601. The second-order valence-electron chi connectivity index (χ2n) is 5.13. The van der Waals surface area contributed by atoms with Crippen LogP contribution in [0.25, 0.3) is 0 Å². The number of ether oxygens (including phenoxy) is 1. The molecule has 21 heavy (non-hydrogen) atoms. The Hall–Kier alpha value is -1.71. The molecule has 4 heteroatoms. The number of aryl methyl sites for hydroxylation is 2. The third-order valence-electron chi connectivity index (χ3n) is 3.14. The molecule has 3 nitrogen and oxygen atoms in total. The topological polar surface area (TPSA) is 41.5 Å². The van der Waals surface area contributed by atoms with Crippen molar-refractivity contribution in [3.05, 3.63) is 58.6 Å². The monoisotopic (exact) mass is 305 g/mol. The first-order valence-electron chi connectivity index (χ1n) is 6.92. The van der Waals surface area contributed by atoms with E-state index in [0.717, 1.165) is 22.6 Å². The number of hydrogen-bond acceptors (Lipinski definition) is 3. The highest BCUT2D eigenvalue weighted by Crippen LogP contribution is 2.19. The smallest absolute Gasteiger partial charge is 0.122 e. The molecule has 0 radical (unpaired) electrons. The molecule has 0 aliphatic carbocycles. The van der Waals surface area contributed by atoms with Gasteiger partial charge in [-0.3, -0.25) is 0 Å². The first-order valence-corrected chi connectivity index (χ1v) is 7.30. The van der Waals surface area contributed by atoms with Crippen LogP contribution in [0, 0.1) is 13.8 Å². The number of aliphatic hydroxyl groups is 1. The van der Waals surface area contributed by atoms with Crippen molar-refractivity contribution in [3.8, 4) is 5.75 Å². The maximum atomic E-state index is 9.98. The lowest BCUT2D eigenvalue weighted by Gasteiger charge is -2.15. The fourth-order valence-electron chi connectivity index (χ4n) is 1.94. The van der Waals surface area contributed by atoms with Gasteiger partial charge < -0.3 is 15.2 Å². The number of benzene rings is 2. The van der Waals surface area contributed by atoms with Gasteiger partial charge in [-0.05, 0) is 49.2 Å². The van der Waals surface area contributed by atoms with E-state index in [9.17, 15) is 5.11 Å². The fourth-order valence-corrected chi connectivity index (χ4v) is 2.13. The highest BCUT2D eigenvalue weighted by Gasteiger charge is 2.07. The summed E-state index contributed by atoms with van der Waals surface area (Å²) in [7, 11) is 0. The van der Waals surface area contributed by atoms with E-state index in [-0.39, 0.29) is 6.61 Å². The zero-order valence-corrected chi connectivity index (χ0v) is 13.0. The molecule has 2 aromatic carbocycles. The molecule has 2 rings (SSSR count).